The molecule has 3 heteroatoms. The number of nitrogens with two attached hydrogens (primary N) is 1. The molecule has 0 aromatic heterocycles. The summed E-state index contributed by atoms with van der Waals surface area (Å²) >= 11 is 0. The third-order valence-electron chi connectivity index (χ3n) is 5.13. The maximum absolute atomic E-state index is 12.4. The largest absolute Gasteiger partial charge is 0.342 e. The number of amides is 1. The number of rotatable bonds is 2. The third-order valence-corrected chi connectivity index (χ3v) is 5.13. The van der Waals surface area contributed by atoms with Crippen LogP contribution in [0.1, 0.15) is 26.2 Å². The predicted octanol–water partition coefficient (Wildman–Crippen LogP) is 1.09. The second-order valence-corrected chi connectivity index (χ2v) is 6.16. The lowest BCUT2D eigenvalue weighted by molar-refractivity contribution is -0.135. The molecule has 2 bridgehead atoms. The molecule has 1 amide bonds. The first kappa shape index (κ1) is 10.6. The number of carbonyl (C=O) groups excluding carboxylic acids is 1. The van der Waals surface area contributed by atoms with Crippen molar-refractivity contribution in [2.24, 2.45) is 35.3 Å². The Balaban J connectivity index is 1.63. The Morgan fingerprint density at radius 3 is 2.56 bits per heavy atom. The van der Waals surface area contributed by atoms with Crippen molar-refractivity contribution < 1.29 is 4.79 Å². The van der Waals surface area contributed by atoms with Gasteiger partial charge in [0.05, 0.1) is 0 Å². The number of fused-ring (bicyclic) bond motifs is 1. The smallest absolute Gasteiger partial charge is 0.225 e. The van der Waals surface area contributed by atoms with Crippen LogP contribution in [0, 0.1) is 29.6 Å². The van der Waals surface area contributed by atoms with Crippen LogP contribution in [-0.2, 0) is 4.79 Å². The number of carbonyl (C=O) groups is 1. The van der Waals surface area contributed by atoms with Gasteiger partial charge in [0.2, 0.25) is 5.91 Å². The third kappa shape index (κ3) is 1.48. The molecule has 1 heterocycles. The second kappa shape index (κ2) is 3.73. The van der Waals surface area contributed by atoms with E-state index in [-0.39, 0.29) is 0 Å². The van der Waals surface area contributed by atoms with E-state index >= 15 is 0 Å². The SMILES string of the molecule is CC1CN(C(=O)C2CC3CC2C3)CC1CN. The minimum absolute atomic E-state index is 0.369. The van der Waals surface area contributed by atoms with Crippen LogP contribution in [0.3, 0.4) is 0 Å². The van der Waals surface area contributed by atoms with Gasteiger partial charge in [-0.3, -0.25) is 4.79 Å². The molecule has 1 saturated heterocycles. The van der Waals surface area contributed by atoms with Crippen LogP contribution in [0.15, 0.2) is 0 Å². The topological polar surface area (TPSA) is 46.3 Å². The summed E-state index contributed by atoms with van der Waals surface area (Å²) in [5.41, 5.74) is 5.74. The van der Waals surface area contributed by atoms with Gasteiger partial charge < -0.3 is 10.6 Å². The first-order valence-electron chi connectivity index (χ1n) is 6.68. The van der Waals surface area contributed by atoms with Crippen LogP contribution in [-0.4, -0.2) is 30.4 Å². The average molecular weight is 222 g/mol. The van der Waals surface area contributed by atoms with E-state index in [1.54, 1.807) is 0 Å². The van der Waals surface area contributed by atoms with E-state index in [4.69, 9.17) is 5.73 Å². The van der Waals surface area contributed by atoms with Gasteiger partial charge in [0.15, 0.2) is 0 Å². The maximum Gasteiger partial charge on any atom is 0.225 e. The molecular weight excluding hydrogens is 200 g/mol. The quantitative estimate of drug-likeness (QED) is 0.760. The molecule has 3 atom stereocenters. The minimum atomic E-state index is 0.369. The van der Waals surface area contributed by atoms with Crippen molar-refractivity contribution in [3.63, 3.8) is 0 Å². The minimum Gasteiger partial charge on any atom is -0.342 e. The van der Waals surface area contributed by atoms with Crippen molar-refractivity contribution in [3.8, 4) is 0 Å². The van der Waals surface area contributed by atoms with E-state index in [0.29, 0.717) is 23.7 Å². The molecule has 3 saturated carbocycles. The molecule has 0 radical (unpaired) electrons. The van der Waals surface area contributed by atoms with Crippen molar-refractivity contribution in [2.75, 3.05) is 19.6 Å². The van der Waals surface area contributed by atoms with Crippen molar-refractivity contribution in [1.82, 2.24) is 4.90 Å². The Hall–Kier alpha value is -0.570. The highest BCUT2D eigenvalue weighted by molar-refractivity contribution is 5.80. The fourth-order valence-electron chi connectivity index (χ4n) is 3.92. The molecular formula is C13H22N2O. The van der Waals surface area contributed by atoms with Gasteiger partial charge in [-0.25, -0.2) is 0 Å². The van der Waals surface area contributed by atoms with Gasteiger partial charge in [-0.15, -0.1) is 0 Å². The Labute approximate surface area is 97.4 Å². The van der Waals surface area contributed by atoms with Gasteiger partial charge in [0, 0.05) is 19.0 Å². The molecule has 3 aliphatic carbocycles. The molecule has 2 N–H and O–H groups in total. The van der Waals surface area contributed by atoms with Crippen molar-refractivity contribution >= 4 is 5.91 Å². The first-order valence-corrected chi connectivity index (χ1v) is 6.68. The van der Waals surface area contributed by atoms with Gasteiger partial charge in [-0.2, -0.15) is 0 Å². The summed E-state index contributed by atoms with van der Waals surface area (Å²) < 4.78 is 0. The summed E-state index contributed by atoms with van der Waals surface area (Å²) in [5.74, 6) is 3.53. The maximum atomic E-state index is 12.4. The Morgan fingerprint density at radius 2 is 2.06 bits per heavy atom. The van der Waals surface area contributed by atoms with Crippen molar-refractivity contribution in [2.45, 2.75) is 26.2 Å². The summed E-state index contributed by atoms with van der Waals surface area (Å²) in [5, 5.41) is 0. The van der Waals surface area contributed by atoms with Gasteiger partial charge in [-0.1, -0.05) is 6.92 Å². The van der Waals surface area contributed by atoms with Crippen LogP contribution < -0.4 is 5.73 Å². The Kier molecular flexibility index (Phi) is 2.46. The molecule has 4 fully saturated rings. The summed E-state index contributed by atoms with van der Waals surface area (Å²) in [6.07, 6.45) is 3.81. The molecule has 16 heavy (non-hydrogen) atoms. The molecule has 4 rings (SSSR count). The zero-order valence-electron chi connectivity index (χ0n) is 10.1. The first-order chi connectivity index (χ1) is 7.69. The summed E-state index contributed by atoms with van der Waals surface area (Å²) in [7, 11) is 0. The van der Waals surface area contributed by atoms with Gasteiger partial charge in [0.25, 0.3) is 0 Å². The molecule has 3 nitrogen and oxygen atoms in total. The normalized spacial score (nSPS) is 45.9. The van der Waals surface area contributed by atoms with Crippen LogP contribution in [0.5, 0.6) is 0 Å². The Morgan fingerprint density at radius 1 is 1.31 bits per heavy atom. The molecule has 0 spiro atoms. The van der Waals surface area contributed by atoms with Gasteiger partial charge >= 0.3 is 0 Å². The number of hydrogen-bond donors (Lipinski definition) is 1. The second-order valence-electron chi connectivity index (χ2n) is 6.16. The van der Waals surface area contributed by atoms with E-state index in [2.05, 4.69) is 11.8 Å². The van der Waals surface area contributed by atoms with Gasteiger partial charge in [0.1, 0.15) is 0 Å². The van der Waals surface area contributed by atoms with Crippen LogP contribution in [0.2, 0.25) is 0 Å². The van der Waals surface area contributed by atoms with Crippen molar-refractivity contribution in [1.29, 1.82) is 0 Å². The van der Waals surface area contributed by atoms with E-state index in [1.807, 2.05) is 0 Å². The fraction of sp³-hybridized carbons (Fsp3) is 0.923. The molecule has 3 unspecified atom stereocenters. The average Bonchev–Trinajstić information content (AvgIpc) is 2.87. The van der Waals surface area contributed by atoms with E-state index in [1.165, 1.54) is 19.3 Å². The van der Waals surface area contributed by atoms with E-state index in [0.717, 1.165) is 31.5 Å². The monoisotopic (exact) mass is 222 g/mol. The molecule has 4 aliphatic rings. The zero-order valence-corrected chi connectivity index (χ0v) is 10.1. The Bertz CT molecular complexity index is 298. The highest BCUT2D eigenvalue weighted by Crippen LogP contribution is 2.53. The zero-order chi connectivity index (χ0) is 11.3. The number of nitrogens with zero attached hydrogens (tertiary/aromatic N) is 1. The number of hydrogen-bond acceptors (Lipinski definition) is 2. The lowest BCUT2D eigenvalue weighted by Crippen LogP contribution is -2.36. The summed E-state index contributed by atoms with van der Waals surface area (Å²) in [6.45, 7) is 4.79. The molecule has 0 aromatic rings. The van der Waals surface area contributed by atoms with Crippen LogP contribution in [0.25, 0.3) is 0 Å². The lowest BCUT2D eigenvalue weighted by Gasteiger charge is -2.26. The van der Waals surface area contributed by atoms with Crippen LogP contribution in [0.4, 0.5) is 0 Å². The van der Waals surface area contributed by atoms with Crippen LogP contribution >= 0.6 is 0 Å². The highest BCUT2D eigenvalue weighted by Gasteiger charge is 2.49. The molecule has 90 valence electrons. The predicted molar refractivity (Wildman–Crippen MR) is 62.6 cm³/mol. The lowest BCUT2D eigenvalue weighted by atomic mass is 9.82. The fourth-order valence-corrected chi connectivity index (χ4v) is 3.92. The van der Waals surface area contributed by atoms with Gasteiger partial charge in [-0.05, 0) is 49.5 Å². The molecule has 1 aliphatic heterocycles. The molecule has 0 aromatic carbocycles. The van der Waals surface area contributed by atoms with Crippen molar-refractivity contribution in [3.05, 3.63) is 0 Å². The highest BCUT2D eigenvalue weighted by atomic mass is 16.2. The van der Waals surface area contributed by atoms with E-state index in [9.17, 15) is 4.79 Å². The summed E-state index contributed by atoms with van der Waals surface area (Å²) in [4.78, 5) is 14.5. The number of likely N-dealkylation sites (tertiary alicyclic amines) is 1. The van der Waals surface area contributed by atoms with E-state index < -0.39 is 0 Å². The standard InChI is InChI=1S/C13H22N2O/c1-8-6-15(7-11(8)5-14)13(16)12-4-9-2-10(12)3-9/h8-12H,2-7,14H2,1H3. The summed E-state index contributed by atoms with van der Waals surface area (Å²) in [6, 6.07) is 0.